The zero-order chi connectivity index (χ0) is 11.2. The van der Waals surface area contributed by atoms with Crippen molar-refractivity contribution < 1.29 is 9.90 Å². The largest absolute Gasteiger partial charge is 0.393 e. The molecule has 4 heteroatoms. The van der Waals surface area contributed by atoms with E-state index in [9.17, 15) is 4.79 Å². The van der Waals surface area contributed by atoms with Gasteiger partial charge in [0.05, 0.1) is 11.6 Å². The van der Waals surface area contributed by atoms with Crippen LogP contribution in [0.15, 0.2) is 0 Å². The van der Waals surface area contributed by atoms with E-state index in [1.54, 1.807) is 13.8 Å². The van der Waals surface area contributed by atoms with Crippen molar-refractivity contribution in [1.82, 2.24) is 5.32 Å². The SMILES string of the molecule is CCCC(C)(N)C(=O)NCCC(C)O. The number of hydrogen-bond acceptors (Lipinski definition) is 3. The second-order valence-electron chi connectivity index (χ2n) is 4.06. The lowest BCUT2D eigenvalue weighted by molar-refractivity contribution is -0.126. The lowest BCUT2D eigenvalue weighted by atomic mass is 9.96. The third-order valence-electron chi connectivity index (χ3n) is 2.14. The molecule has 2 unspecified atom stereocenters. The molecule has 0 aliphatic heterocycles. The molecular formula is C10H22N2O2. The molecule has 0 aromatic carbocycles. The zero-order valence-corrected chi connectivity index (χ0v) is 9.34. The number of aliphatic hydroxyl groups is 1. The number of hydrogen-bond donors (Lipinski definition) is 3. The van der Waals surface area contributed by atoms with Crippen molar-refractivity contribution in [3.63, 3.8) is 0 Å². The summed E-state index contributed by atoms with van der Waals surface area (Å²) in [5.41, 5.74) is 5.03. The molecule has 0 bridgehead atoms. The quantitative estimate of drug-likeness (QED) is 0.583. The van der Waals surface area contributed by atoms with Crippen LogP contribution in [0.25, 0.3) is 0 Å². The average Bonchev–Trinajstić information content (AvgIpc) is 2.03. The highest BCUT2D eigenvalue weighted by Crippen LogP contribution is 2.08. The fourth-order valence-corrected chi connectivity index (χ4v) is 1.23. The predicted octanol–water partition coefficient (Wildman–Crippen LogP) is 0.391. The van der Waals surface area contributed by atoms with Crippen LogP contribution in [0.5, 0.6) is 0 Å². The van der Waals surface area contributed by atoms with Crippen LogP contribution in [0.3, 0.4) is 0 Å². The number of carbonyl (C=O) groups excluding carboxylic acids is 1. The highest BCUT2D eigenvalue weighted by molar-refractivity contribution is 5.85. The first-order valence-electron chi connectivity index (χ1n) is 5.15. The summed E-state index contributed by atoms with van der Waals surface area (Å²) in [5, 5.41) is 11.7. The van der Waals surface area contributed by atoms with Gasteiger partial charge in [0.1, 0.15) is 0 Å². The standard InChI is InChI=1S/C10H22N2O2/c1-4-6-10(3,11)9(14)12-7-5-8(2)13/h8,13H,4-7,11H2,1-3H3,(H,12,14). The van der Waals surface area contributed by atoms with E-state index >= 15 is 0 Å². The summed E-state index contributed by atoms with van der Waals surface area (Å²) < 4.78 is 0. The molecule has 4 N–H and O–H groups in total. The molecule has 0 radical (unpaired) electrons. The highest BCUT2D eigenvalue weighted by Gasteiger charge is 2.26. The molecule has 0 fully saturated rings. The van der Waals surface area contributed by atoms with Crippen LogP contribution in [0, 0.1) is 0 Å². The van der Waals surface area contributed by atoms with Crippen LogP contribution >= 0.6 is 0 Å². The van der Waals surface area contributed by atoms with Crippen LogP contribution in [-0.4, -0.2) is 29.2 Å². The second-order valence-corrected chi connectivity index (χ2v) is 4.06. The van der Waals surface area contributed by atoms with Gasteiger partial charge < -0.3 is 16.2 Å². The molecule has 4 nitrogen and oxygen atoms in total. The predicted molar refractivity (Wildman–Crippen MR) is 56.8 cm³/mol. The van der Waals surface area contributed by atoms with E-state index in [2.05, 4.69) is 5.32 Å². The Bertz CT molecular complexity index is 179. The molecule has 0 aromatic heterocycles. The molecule has 0 aliphatic rings. The summed E-state index contributed by atoms with van der Waals surface area (Å²) in [6, 6.07) is 0. The van der Waals surface area contributed by atoms with Gasteiger partial charge in [-0.1, -0.05) is 13.3 Å². The number of nitrogens with two attached hydrogens (primary N) is 1. The molecule has 0 heterocycles. The van der Waals surface area contributed by atoms with Gasteiger partial charge in [-0.05, 0) is 26.7 Å². The Morgan fingerprint density at radius 1 is 1.64 bits per heavy atom. The summed E-state index contributed by atoms with van der Waals surface area (Å²) >= 11 is 0. The van der Waals surface area contributed by atoms with Crippen LogP contribution in [-0.2, 0) is 4.79 Å². The Morgan fingerprint density at radius 2 is 2.21 bits per heavy atom. The Labute approximate surface area is 85.9 Å². The number of rotatable bonds is 6. The molecular weight excluding hydrogens is 180 g/mol. The van der Waals surface area contributed by atoms with Gasteiger partial charge in [0.25, 0.3) is 0 Å². The van der Waals surface area contributed by atoms with Gasteiger partial charge in [-0.25, -0.2) is 0 Å². The van der Waals surface area contributed by atoms with Gasteiger partial charge in [-0.2, -0.15) is 0 Å². The monoisotopic (exact) mass is 202 g/mol. The Kier molecular flexibility index (Phi) is 5.72. The van der Waals surface area contributed by atoms with E-state index in [0.29, 0.717) is 19.4 Å². The molecule has 0 saturated heterocycles. The van der Waals surface area contributed by atoms with Gasteiger partial charge in [0, 0.05) is 6.54 Å². The summed E-state index contributed by atoms with van der Waals surface area (Å²) in [4.78, 5) is 11.5. The van der Waals surface area contributed by atoms with E-state index in [-0.39, 0.29) is 12.0 Å². The van der Waals surface area contributed by atoms with E-state index in [4.69, 9.17) is 10.8 Å². The minimum Gasteiger partial charge on any atom is -0.393 e. The topological polar surface area (TPSA) is 75.4 Å². The van der Waals surface area contributed by atoms with Crippen molar-refractivity contribution in [1.29, 1.82) is 0 Å². The molecule has 2 atom stereocenters. The summed E-state index contributed by atoms with van der Waals surface area (Å²) in [5.74, 6) is -0.139. The molecule has 14 heavy (non-hydrogen) atoms. The fraction of sp³-hybridized carbons (Fsp3) is 0.900. The minimum atomic E-state index is -0.784. The Balaban J connectivity index is 3.83. The summed E-state index contributed by atoms with van der Waals surface area (Å²) in [7, 11) is 0. The van der Waals surface area contributed by atoms with Gasteiger partial charge >= 0.3 is 0 Å². The van der Waals surface area contributed by atoms with Crippen molar-refractivity contribution >= 4 is 5.91 Å². The average molecular weight is 202 g/mol. The molecule has 1 amide bonds. The van der Waals surface area contributed by atoms with Gasteiger partial charge in [-0.3, -0.25) is 4.79 Å². The van der Waals surface area contributed by atoms with Crippen molar-refractivity contribution in [3.8, 4) is 0 Å². The molecule has 0 aliphatic carbocycles. The molecule has 0 rings (SSSR count). The van der Waals surface area contributed by atoms with Crippen molar-refractivity contribution in [2.75, 3.05) is 6.54 Å². The number of amides is 1. The van der Waals surface area contributed by atoms with E-state index in [1.807, 2.05) is 6.92 Å². The van der Waals surface area contributed by atoms with E-state index in [0.717, 1.165) is 6.42 Å². The smallest absolute Gasteiger partial charge is 0.239 e. The maximum absolute atomic E-state index is 11.5. The summed E-state index contributed by atoms with van der Waals surface area (Å²) in [6.07, 6.45) is 1.74. The minimum absolute atomic E-state index is 0.139. The van der Waals surface area contributed by atoms with Crippen LogP contribution in [0.4, 0.5) is 0 Å². The first-order valence-corrected chi connectivity index (χ1v) is 5.15. The van der Waals surface area contributed by atoms with Gasteiger partial charge in [0.15, 0.2) is 0 Å². The molecule has 0 aromatic rings. The number of nitrogens with one attached hydrogen (secondary N) is 1. The highest BCUT2D eigenvalue weighted by atomic mass is 16.3. The summed E-state index contributed by atoms with van der Waals surface area (Å²) in [6.45, 7) is 5.90. The van der Waals surface area contributed by atoms with E-state index < -0.39 is 5.54 Å². The maximum Gasteiger partial charge on any atom is 0.239 e. The third-order valence-corrected chi connectivity index (χ3v) is 2.14. The second kappa shape index (κ2) is 5.98. The first kappa shape index (κ1) is 13.4. The molecule has 0 spiro atoms. The van der Waals surface area contributed by atoms with Crippen molar-refractivity contribution in [2.45, 2.75) is 51.7 Å². The van der Waals surface area contributed by atoms with Crippen molar-refractivity contribution in [3.05, 3.63) is 0 Å². The Hall–Kier alpha value is -0.610. The number of carbonyl (C=O) groups is 1. The third kappa shape index (κ3) is 5.19. The number of aliphatic hydroxyl groups excluding tert-OH is 1. The normalized spacial score (nSPS) is 17.2. The molecule has 84 valence electrons. The zero-order valence-electron chi connectivity index (χ0n) is 9.34. The Morgan fingerprint density at radius 3 is 2.64 bits per heavy atom. The van der Waals surface area contributed by atoms with Gasteiger partial charge in [0.2, 0.25) is 5.91 Å². The lowest BCUT2D eigenvalue weighted by Gasteiger charge is -2.22. The van der Waals surface area contributed by atoms with Crippen LogP contribution in [0.1, 0.15) is 40.0 Å². The maximum atomic E-state index is 11.5. The van der Waals surface area contributed by atoms with Crippen LogP contribution in [0.2, 0.25) is 0 Å². The first-order chi connectivity index (χ1) is 6.40. The fourth-order valence-electron chi connectivity index (χ4n) is 1.23. The lowest BCUT2D eigenvalue weighted by Crippen LogP contribution is -2.51. The van der Waals surface area contributed by atoms with Crippen molar-refractivity contribution in [2.24, 2.45) is 5.73 Å². The van der Waals surface area contributed by atoms with Gasteiger partial charge in [-0.15, -0.1) is 0 Å². The van der Waals surface area contributed by atoms with E-state index in [1.165, 1.54) is 0 Å². The molecule has 0 saturated carbocycles. The van der Waals surface area contributed by atoms with Crippen LogP contribution < -0.4 is 11.1 Å².